The van der Waals surface area contributed by atoms with Crippen molar-refractivity contribution in [1.82, 2.24) is 5.32 Å². The molecular formula is C27H32N2O2S. The number of anilines is 1. The molecule has 0 bridgehead atoms. The van der Waals surface area contributed by atoms with Gasteiger partial charge in [0.15, 0.2) is 0 Å². The first-order valence-electron chi connectivity index (χ1n) is 11.1. The minimum Gasteiger partial charge on any atom is -0.377 e. The predicted molar refractivity (Wildman–Crippen MR) is 135 cm³/mol. The fourth-order valence-electron chi connectivity index (χ4n) is 4.78. The van der Waals surface area contributed by atoms with E-state index in [1.54, 1.807) is 6.08 Å². The number of hydrogen-bond donors (Lipinski definition) is 1. The average Bonchev–Trinajstić information content (AvgIpc) is 3.03. The Kier molecular flexibility index (Phi) is 5.52. The topological polar surface area (TPSA) is 49.4 Å². The summed E-state index contributed by atoms with van der Waals surface area (Å²) in [5.41, 5.74) is 8.79. The van der Waals surface area contributed by atoms with Crippen molar-refractivity contribution in [2.24, 2.45) is 0 Å². The molecule has 1 aliphatic carbocycles. The van der Waals surface area contributed by atoms with Crippen LogP contribution in [-0.4, -0.2) is 25.2 Å². The second kappa shape index (κ2) is 7.80. The molecule has 0 saturated carbocycles. The standard InChI is InChI=1S/C27H32N2O2S/c1-16-8-9-17(13-23-24(30)28-25(31)32-23)12-18(16)19-14-20-21(15-22(19)29(6)7)27(4,5)11-10-26(20,2)3/h8-9,12-15H,10-11H2,1-7H3,(H,28,30,31)/b23-13-. The van der Waals surface area contributed by atoms with Gasteiger partial charge in [-0.3, -0.25) is 14.9 Å². The molecule has 1 aliphatic heterocycles. The molecule has 2 aromatic rings. The van der Waals surface area contributed by atoms with Gasteiger partial charge in [0.1, 0.15) is 0 Å². The highest BCUT2D eigenvalue weighted by Gasteiger charge is 2.38. The van der Waals surface area contributed by atoms with E-state index >= 15 is 0 Å². The number of carbonyl (C=O) groups excluding carboxylic acids is 2. The minimum atomic E-state index is -0.325. The summed E-state index contributed by atoms with van der Waals surface area (Å²) >= 11 is 0.954. The van der Waals surface area contributed by atoms with Crippen LogP contribution in [0, 0.1) is 6.92 Å². The Balaban J connectivity index is 1.91. The molecule has 0 spiro atoms. The van der Waals surface area contributed by atoms with Crippen LogP contribution in [0.3, 0.4) is 0 Å². The van der Waals surface area contributed by atoms with Crippen LogP contribution < -0.4 is 10.2 Å². The van der Waals surface area contributed by atoms with Crippen molar-refractivity contribution in [2.75, 3.05) is 19.0 Å². The van der Waals surface area contributed by atoms with E-state index in [9.17, 15) is 9.59 Å². The number of hydrogen-bond acceptors (Lipinski definition) is 4. The number of thioether (sulfide) groups is 1. The van der Waals surface area contributed by atoms with Crippen LogP contribution in [-0.2, 0) is 15.6 Å². The average molecular weight is 449 g/mol. The molecule has 32 heavy (non-hydrogen) atoms. The summed E-state index contributed by atoms with van der Waals surface area (Å²) in [5.74, 6) is -0.325. The molecule has 4 rings (SSSR count). The third kappa shape index (κ3) is 3.99. The fraction of sp³-hybridized carbons (Fsp3) is 0.407. The molecule has 5 heteroatoms. The number of rotatable bonds is 3. The zero-order valence-corrected chi connectivity index (χ0v) is 20.9. The van der Waals surface area contributed by atoms with Crippen molar-refractivity contribution in [3.8, 4) is 11.1 Å². The molecule has 1 heterocycles. The molecule has 4 nitrogen and oxygen atoms in total. The lowest BCUT2D eigenvalue weighted by Crippen LogP contribution is -2.34. The number of carbonyl (C=O) groups is 2. The van der Waals surface area contributed by atoms with Crippen molar-refractivity contribution < 1.29 is 9.59 Å². The molecule has 2 amide bonds. The molecule has 0 aromatic heterocycles. The second-order valence-corrected chi connectivity index (χ2v) is 11.5. The quantitative estimate of drug-likeness (QED) is 0.552. The van der Waals surface area contributed by atoms with Crippen molar-refractivity contribution >= 4 is 34.7 Å². The lowest BCUT2D eigenvalue weighted by molar-refractivity contribution is -0.115. The van der Waals surface area contributed by atoms with E-state index in [4.69, 9.17) is 0 Å². The first-order valence-corrected chi connectivity index (χ1v) is 11.9. The lowest BCUT2D eigenvalue weighted by Gasteiger charge is -2.43. The highest BCUT2D eigenvalue weighted by Crippen LogP contribution is 2.49. The van der Waals surface area contributed by atoms with E-state index < -0.39 is 0 Å². The molecular weight excluding hydrogens is 416 g/mol. The van der Waals surface area contributed by atoms with E-state index in [2.05, 4.69) is 83.2 Å². The molecule has 0 atom stereocenters. The van der Waals surface area contributed by atoms with E-state index in [-0.39, 0.29) is 22.0 Å². The smallest absolute Gasteiger partial charge is 0.290 e. The summed E-state index contributed by atoms with van der Waals surface area (Å²) in [4.78, 5) is 26.2. The number of amides is 2. The summed E-state index contributed by atoms with van der Waals surface area (Å²) in [6, 6.07) is 11.0. The maximum atomic E-state index is 12.0. The second-order valence-electron chi connectivity index (χ2n) is 10.5. The summed E-state index contributed by atoms with van der Waals surface area (Å²) in [5, 5.41) is 2.01. The Labute approximate surface area is 195 Å². The molecule has 2 aromatic carbocycles. The first kappa shape index (κ1) is 22.7. The highest BCUT2D eigenvalue weighted by molar-refractivity contribution is 8.18. The van der Waals surface area contributed by atoms with Gasteiger partial charge in [-0.2, -0.15) is 0 Å². The molecule has 2 aliphatic rings. The van der Waals surface area contributed by atoms with Gasteiger partial charge in [0.05, 0.1) is 4.91 Å². The maximum absolute atomic E-state index is 12.0. The van der Waals surface area contributed by atoms with Crippen LogP contribution in [0.4, 0.5) is 10.5 Å². The van der Waals surface area contributed by atoms with Gasteiger partial charge < -0.3 is 4.90 Å². The van der Waals surface area contributed by atoms with E-state index in [0.29, 0.717) is 4.91 Å². The summed E-state index contributed by atoms with van der Waals surface area (Å²) in [6.07, 6.45) is 4.15. The summed E-state index contributed by atoms with van der Waals surface area (Å²) in [6.45, 7) is 11.5. The van der Waals surface area contributed by atoms with Gasteiger partial charge in [0.25, 0.3) is 11.1 Å². The normalized spacial score (nSPS) is 20.3. The lowest BCUT2D eigenvalue weighted by atomic mass is 9.62. The van der Waals surface area contributed by atoms with Crippen molar-refractivity contribution in [1.29, 1.82) is 0 Å². The third-order valence-corrected chi connectivity index (χ3v) is 7.75. The van der Waals surface area contributed by atoms with Gasteiger partial charge in [-0.25, -0.2) is 0 Å². The van der Waals surface area contributed by atoms with Crippen LogP contribution in [0.15, 0.2) is 35.2 Å². The van der Waals surface area contributed by atoms with E-state index in [1.165, 1.54) is 40.8 Å². The van der Waals surface area contributed by atoms with E-state index in [1.807, 2.05) is 6.07 Å². The zero-order chi connectivity index (χ0) is 23.4. The van der Waals surface area contributed by atoms with Crippen LogP contribution >= 0.6 is 11.8 Å². The van der Waals surface area contributed by atoms with Gasteiger partial charge in [0, 0.05) is 25.3 Å². The monoisotopic (exact) mass is 448 g/mol. The van der Waals surface area contributed by atoms with Crippen LogP contribution in [0.5, 0.6) is 0 Å². The number of imide groups is 1. The Morgan fingerprint density at radius 2 is 1.56 bits per heavy atom. The zero-order valence-electron chi connectivity index (χ0n) is 20.1. The van der Waals surface area contributed by atoms with Crippen LogP contribution in [0.1, 0.15) is 62.8 Å². The number of nitrogens with one attached hydrogen (secondary N) is 1. The fourth-order valence-corrected chi connectivity index (χ4v) is 5.46. The van der Waals surface area contributed by atoms with E-state index in [0.717, 1.165) is 22.9 Å². The third-order valence-electron chi connectivity index (χ3n) is 6.94. The number of benzene rings is 2. The Morgan fingerprint density at radius 1 is 0.938 bits per heavy atom. The van der Waals surface area contributed by atoms with Crippen LogP contribution in [0.25, 0.3) is 17.2 Å². The van der Waals surface area contributed by atoms with Crippen molar-refractivity contribution in [3.63, 3.8) is 0 Å². The van der Waals surface area contributed by atoms with Gasteiger partial charge in [-0.1, -0.05) is 39.8 Å². The Bertz CT molecular complexity index is 1160. The first-order chi connectivity index (χ1) is 14.9. The number of aryl methyl sites for hydroxylation is 1. The van der Waals surface area contributed by atoms with Gasteiger partial charge in [-0.05, 0) is 94.4 Å². The highest BCUT2D eigenvalue weighted by atomic mass is 32.2. The molecule has 0 unspecified atom stereocenters. The molecule has 1 saturated heterocycles. The Hall–Kier alpha value is -2.53. The van der Waals surface area contributed by atoms with Gasteiger partial charge >= 0.3 is 0 Å². The van der Waals surface area contributed by atoms with Crippen molar-refractivity contribution in [2.45, 2.75) is 58.3 Å². The molecule has 1 N–H and O–H groups in total. The molecule has 168 valence electrons. The minimum absolute atomic E-state index is 0.122. The molecule has 1 fully saturated rings. The number of fused-ring (bicyclic) bond motifs is 1. The van der Waals surface area contributed by atoms with Crippen molar-refractivity contribution in [3.05, 3.63) is 57.5 Å². The number of nitrogens with zero attached hydrogens (tertiary/aromatic N) is 1. The summed E-state index contributed by atoms with van der Waals surface area (Å²) < 4.78 is 0. The van der Waals surface area contributed by atoms with Gasteiger partial charge in [-0.15, -0.1) is 0 Å². The SMILES string of the molecule is Cc1ccc(/C=C2\SC(=O)NC2=O)cc1-c1cc2c(cc1N(C)C)C(C)(C)CCC2(C)C. The maximum Gasteiger partial charge on any atom is 0.290 e. The van der Waals surface area contributed by atoms with Gasteiger partial charge in [0.2, 0.25) is 0 Å². The largest absolute Gasteiger partial charge is 0.377 e. The Morgan fingerprint density at radius 3 is 2.12 bits per heavy atom. The predicted octanol–water partition coefficient (Wildman–Crippen LogP) is 6.40. The molecule has 0 radical (unpaired) electrons. The summed E-state index contributed by atoms with van der Waals surface area (Å²) in [7, 11) is 4.19. The van der Waals surface area contributed by atoms with Crippen LogP contribution in [0.2, 0.25) is 0 Å².